The van der Waals surface area contributed by atoms with E-state index in [4.69, 9.17) is 0 Å². The second-order valence-corrected chi connectivity index (χ2v) is 10.8. The molecule has 0 radical (unpaired) electrons. The van der Waals surface area contributed by atoms with Crippen molar-refractivity contribution in [1.82, 2.24) is 24.2 Å². The van der Waals surface area contributed by atoms with E-state index < -0.39 is 10.0 Å². The lowest BCUT2D eigenvalue weighted by atomic mass is 10.1. The molecule has 1 aromatic carbocycles. The Kier molecular flexibility index (Phi) is 6.92. The number of anilines is 1. The Balaban J connectivity index is 1.61. The van der Waals surface area contributed by atoms with E-state index in [-0.39, 0.29) is 10.9 Å². The summed E-state index contributed by atoms with van der Waals surface area (Å²) in [4.78, 5) is 18.0. The molecular formula is C24H32N6O2S. The summed E-state index contributed by atoms with van der Waals surface area (Å²) in [6.07, 6.45) is 3.09. The normalized spacial score (nSPS) is 15.6. The van der Waals surface area contributed by atoms with Gasteiger partial charge in [-0.2, -0.15) is 4.31 Å². The van der Waals surface area contributed by atoms with Gasteiger partial charge in [0.05, 0.1) is 5.52 Å². The molecule has 0 unspecified atom stereocenters. The van der Waals surface area contributed by atoms with Crippen LogP contribution in [0.2, 0.25) is 0 Å². The first kappa shape index (κ1) is 23.5. The van der Waals surface area contributed by atoms with Crippen LogP contribution in [0.1, 0.15) is 24.2 Å². The molecule has 0 amide bonds. The van der Waals surface area contributed by atoms with Crippen LogP contribution in [-0.2, 0) is 10.0 Å². The van der Waals surface area contributed by atoms with Gasteiger partial charge in [-0.15, -0.1) is 0 Å². The van der Waals surface area contributed by atoms with E-state index in [0.717, 1.165) is 48.7 Å². The first-order valence-electron chi connectivity index (χ1n) is 11.3. The van der Waals surface area contributed by atoms with Gasteiger partial charge in [0.2, 0.25) is 16.0 Å². The van der Waals surface area contributed by atoms with Gasteiger partial charge in [0.25, 0.3) is 0 Å². The highest BCUT2D eigenvalue weighted by Crippen LogP contribution is 2.29. The van der Waals surface area contributed by atoms with E-state index in [1.54, 1.807) is 22.6 Å². The zero-order chi connectivity index (χ0) is 23.6. The van der Waals surface area contributed by atoms with Crippen molar-refractivity contribution in [2.75, 3.05) is 45.2 Å². The Hall–Kier alpha value is -2.62. The molecule has 33 heavy (non-hydrogen) atoms. The second-order valence-electron chi connectivity index (χ2n) is 8.92. The Morgan fingerprint density at radius 2 is 1.67 bits per heavy atom. The monoisotopic (exact) mass is 468 g/mol. The summed E-state index contributed by atoms with van der Waals surface area (Å²) < 4.78 is 29.5. The van der Waals surface area contributed by atoms with Crippen LogP contribution in [0.15, 0.2) is 47.5 Å². The van der Waals surface area contributed by atoms with Crippen molar-refractivity contribution in [3.05, 3.63) is 54.0 Å². The first-order chi connectivity index (χ1) is 15.8. The molecule has 2 aromatic heterocycles. The smallest absolute Gasteiger partial charge is 0.245 e. The van der Waals surface area contributed by atoms with Crippen LogP contribution in [0.5, 0.6) is 0 Å². The van der Waals surface area contributed by atoms with Gasteiger partial charge in [-0.3, -0.25) is 4.98 Å². The van der Waals surface area contributed by atoms with E-state index in [0.29, 0.717) is 18.6 Å². The molecule has 0 atom stereocenters. The summed E-state index contributed by atoms with van der Waals surface area (Å²) in [6, 6.07) is 11.0. The Morgan fingerprint density at radius 1 is 1.00 bits per heavy atom. The zero-order valence-corrected chi connectivity index (χ0v) is 20.6. The molecule has 0 N–H and O–H groups in total. The number of fused-ring (bicyclic) bond motifs is 1. The molecule has 8 nitrogen and oxygen atoms in total. The molecule has 0 saturated carbocycles. The zero-order valence-electron chi connectivity index (χ0n) is 19.8. The maximum Gasteiger partial charge on any atom is 0.245 e. The number of para-hydroxylation sites is 1. The lowest BCUT2D eigenvalue weighted by Crippen LogP contribution is -2.49. The van der Waals surface area contributed by atoms with Crippen molar-refractivity contribution in [1.29, 1.82) is 0 Å². The summed E-state index contributed by atoms with van der Waals surface area (Å²) in [7, 11) is 0.201. The van der Waals surface area contributed by atoms with Crippen LogP contribution in [0.4, 0.5) is 5.95 Å². The highest BCUT2D eigenvalue weighted by atomic mass is 32.2. The molecule has 1 aliphatic heterocycles. The van der Waals surface area contributed by atoms with Crippen LogP contribution in [0, 0.1) is 13.8 Å². The maximum absolute atomic E-state index is 13.9. The van der Waals surface area contributed by atoms with Gasteiger partial charge in [-0.1, -0.05) is 18.2 Å². The van der Waals surface area contributed by atoms with Gasteiger partial charge < -0.3 is 9.80 Å². The molecule has 0 bridgehead atoms. The second kappa shape index (κ2) is 9.70. The fourth-order valence-electron chi connectivity index (χ4n) is 4.41. The number of piperidine rings is 1. The number of aromatic nitrogens is 3. The molecule has 176 valence electrons. The average molecular weight is 469 g/mol. The van der Waals surface area contributed by atoms with Crippen molar-refractivity contribution < 1.29 is 8.42 Å². The molecule has 1 saturated heterocycles. The number of rotatable bonds is 7. The third-order valence-corrected chi connectivity index (χ3v) is 8.06. The SMILES string of the molecule is Cc1cc(C)nc(N2CCC(N(CCN(C)C)S(=O)(=O)c3cccc4cccnc34)CC2)n1. The van der Waals surface area contributed by atoms with Crippen molar-refractivity contribution in [3.63, 3.8) is 0 Å². The number of pyridine rings is 1. The molecule has 9 heteroatoms. The van der Waals surface area contributed by atoms with Gasteiger partial charge in [-0.05, 0) is 59.0 Å². The van der Waals surface area contributed by atoms with Crippen molar-refractivity contribution in [3.8, 4) is 0 Å². The first-order valence-corrected chi connectivity index (χ1v) is 12.8. The highest BCUT2D eigenvalue weighted by molar-refractivity contribution is 7.89. The number of benzene rings is 1. The number of sulfonamides is 1. The molecule has 4 rings (SSSR count). The number of hydrogen-bond acceptors (Lipinski definition) is 7. The largest absolute Gasteiger partial charge is 0.341 e. The summed E-state index contributed by atoms with van der Waals surface area (Å²) in [5.41, 5.74) is 2.41. The lowest BCUT2D eigenvalue weighted by molar-refractivity contribution is 0.249. The minimum atomic E-state index is -3.72. The van der Waals surface area contributed by atoms with Gasteiger partial charge in [0.15, 0.2) is 0 Å². The number of hydrogen-bond donors (Lipinski definition) is 0. The topological polar surface area (TPSA) is 82.5 Å². The molecule has 3 heterocycles. The average Bonchev–Trinajstić information content (AvgIpc) is 2.78. The number of likely N-dealkylation sites (N-methyl/N-ethyl adjacent to an activating group) is 1. The molecular weight excluding hydrogens is 436 g/mol. The summed E-state index contributed by atoms with van der Waals surface area (Å²) in [5.74, 6) is 0.729. The maximum atomic E-state index is 13.9. The van der Waals surface area contributed by atoms with Crippen LogP contribution in [0.3, 0.4) is 0 Å². The van der Waals surface area contributed by atoms with Gasteiger partial charge in [0, 0.05) is 55.2 Å². The van der Waals surface area contributed by atoms with Crippen LogP contribution in [0.25, 0.3) is 10.9 Å². The van der Waals surface area contributed by atoms with Crippen molar-refractivity contribution in [2.45, 2.75) is 37.6 Å². The number of nitrogens with zero attached hydrogens (tertiary/aromatic N) is 6. The van der Waals surface area contributed by atoms with E-state index in [1.807, 2.05) is 57.1 Å². The van der Waals surface area contributed by atoms with E-state index in [9.17, 15) is 8.42 Å². The molecule has 0 aliphatic carbocycles. The lowest BCUT2D eigenvalue weighted by Gasteiger charge is -2.38. The molecule has 3 aromatic rings. The van der Waals surface area contributed by atoms with Crippen LogP contribution >= 0.6 is 0 Å². The predicted octanol–water partition coefficient (Wildman–Crippen LogP) is 2.86. The third-order valence-electron chi connectivity index (χ3n) is 6.08. The Morgan fingerprint density at radius 3 is 2.33 bits per heavy atom. The third kappa shape index (κ3) is 5.15. The van der Waals surface area contributed by atoms with E-state index in [2.05, 4.69) is 19.9 Å². The van der Waals surface area contributed by atoms with Crippen LogP contribution in [-0.4, -0.2) is 78.9 Å². The van der Waals surface area contributed by atoms with Gasteiger partial charge in [-0.25, -0.2) is 18.4 Å². The Labute approximate surface area is 196 Å². The predicted molar refractivity (Wildman–Crippen MR) is 131 cm³/mol. The summed E-state index contributed by atoms with van der Waals surface area (Å²) in [5, 5.41) is 0.827. The van der Waals surface area contributed by atoms with E-state index in [1.165, 1.54) is 0 Å². The molecule has 0 spiro atoms. The minimum absolute atomic E-state index is 0.0870. The fourth-order valence-corrected chi connectivity index (χ4v) is 6.25. The number of aryl methyl sites for hydroxylation is 2. The molecule has 1 aliphatic rings. The summed E-state index contributed by atoms with van der Waals surface area (Å²) >= 11 is 0. The quantitative estimate of drug-likeness (QED) is 0.527. The van der Waals surface area contributed by atoms with Gasteiger partial charge in [0.1, 0.15) is 4.90 Å². The Bertz CT molecular complexity index is 1200. The summed E-state index contributed by atoms with van der Waals surface area (Å²) in [6.45, 7) is 6.46. The van der Waals surface area contributed by atoms with Crippen LogP contribution < -0.4 is 4.90 Å². The van der Waals surface area contributed by atoms with Crippen molar-refractivity contribution in [2.24, 2.45) is 0 Å². The van der Waals surface area contributed by atoms with Crippen molar-refractivity contribution >= 4 is 26.9 Å². The fraction of sp³-hybridized carbons (Fsp3) is 0.458. The van der Waals surface area contributed by atoms with E-state index >= 15 is 0 Å². The minimum Gasteiger partial charge on any atom is -0.341 e. The standard InChI is InChI=1S/C24H32N6O2S/c1-18-17-19(2)27-24(26-18)29-13-10-21(11-14-29)30(16-15-28(3)4)33(31,32)22-9-5-7-20-8-6-12-25-23(20)22/h5-9,12,17,21H,10-11,13-16H2,1-4H3. The van der Waals surface area contributed by atoms with Gasteiger partial charge >= 0.3 is 0 Å². The molecule has 1 fully saturated rings. The highest BCUT2D eigenvalue weighted by Gasteiger charge is 2.35.